The minimum atomic E-state index is 0.765. The Morgan fingerprint density at radius 1 is 1.19 bits per heavy atom. The molecular formula is C18H24N2O. The first-order valence-corrected chi connectivity index (χ1v) is 8.15. The van der Waals surface area contributed by atoms with E-state index >= 15 is 0 Å². The van der Waals surface area contributed by atoms with Crippen molar-refractivity contribution in [3.05, 3.63) is 29.5 Å². The van der Waals surface area contributed by atoms with Crippen molar-refractivity contribution in [3.8, 4) is 5.75 Å². The van der Waals surface area contributed by atoms with Gasteiger partial charge in [0, 0.05) is 23.3 Å². The molecule has 0 aliphatic heterocycles. The molecule has 3 rings (SSSR count). The maximum absolute atomic E-state index is 5.79. The summed E-state index contributed by atoms with van der Waals surface area (Å²) in [5.41, 5.74) is 5.07. The van der Waals surface area contributed by atoms with Gasteiger partial charge in [0.05, 0.1) is 12.1 Å². The Morgan fingerprint density at radius 3 is 2.90 bits per heavy atom. The zero-order valence-corrected chi connectivity index (χ0v) is 13.0. The van der Waals surface area contributed by atoms with Crippen molar-refractivity contribution in [1.29, 1.82) is 0 Å². The van der Waals surface area contributed by atoms with Gasteiger partial charge in [-0.15, -0.1) is 0 Å². The molecule has 2 aromatic rings. The number of benzene rings is 1. The second-order valence-electron chi connectivity index (χ2n) is 5.72. The number of fused-ring (bicyclic) bond motifs is 2. The summed E-state index contributed by atoms with van der Waals surface area (Å²) in [7, 11) is 0. The molecule has 1 heterocycles. The lowest BCUT2D eigenvalue weighted by atomic mass is 10.1. The largest absolute Gasteiger partial charge is 0.494 e. The number of hydrogen-bond acceptors (Lipinski definition) is 3. The molecule has 1 aliphatic rings. The molecule has 3 heteroatoms. The van der Waals surface area contributed by atoms with Gasteiger partial charge in [-0.1, -0.05) is 13.8 Å². The third-order valence-corrected chi connectivity index (χ3v) is 4.01. The van der Waals surface area contributed by atoms with Crippen LogP contribution < -0.4 is 10.1 Å². The number of aryl methyl sites for hydroxylation is 1. The molecule has 0 amide bonds. The van der Waals surface area contributed by atoms with E-state index in [9.17, 15) is 0 Å². The Bertz CT molecular complexity index is 637. The van der Waals surface area contributed by atoms with Crippen molar-refractivity contribution in [2.75, 3.05) is 18.5 Å². The van der Waals surface area contributed by atoms with Gasteiger partial charge in [0.25, 0.3) is 0 Å². The monoisotopic (exact) mass is 284 g/mol. The molecule has 0 unspecified atom stereocenters. The third kappa shape index (κ3) is 2.82. The van der Waals surface area contributed by atoms with Crippen molar-refractivity contribution in [2.24, 2.45) is 0 Å². The molecule has 0 saturated carbocycles. The van der Waals surface area contributed by atoms with E-state index in [-0.39, 0.29) is 0 Å². The summed E-state index contributed by atoms with van der Waals surface area (Å²) in [6.45, 7) is 6.10. The summed E-state index contributed by atoms with van der Waals surface area (Å²) in [4.78, 5) is 4.85. The maximum Gasteiger partial charge on any atom is 0.120 e. The number of aromatic nitrogens is 1. The molecule has 1 aromatic heterocycles. The average Bonchev–Trinajstić information content (AvgIpc) is 2.97. The molecule has 1 N–H and O–H groups in total. The average molecular weight is 284 g/mol. The van der Waals surface area contributed by atoms with Crippen LogP contribution in [0.1, 0.15) is 44.4 Å². The first kappa shape index (κ1) is 14.2. The lowest BCUT2D eigenvalue weighted by Crippen LogP contribution is -2.05. The maximum atomic E-state index is 5.79. The Balaban J connectivity index is 2.07. The predicted molar refractivity (Wildman–Crippen MR) is 88.3 cm³/mol. The number of nitrogens with zero attached hydrogens (tertiary/aromatic N) is 1. The normalized spacial score (nSPS) is 13.4. The molecule has 1 aromatic carbocycles. The summed E-state index contributed by atoms with van der Waals surface area (Å²) in [6, 6.07) is 6.28. The van der Waals surface area contributed by atoms with Crippen LogP contribution in [0.15, 0.2) is 18.2 Å². The summed E-state index contributed by atoms with van der Waals surface area (Å²) < 4.78 is 5.79. The van der Waals surface area contributed by atoms with Gasteiger partial charge >= 0.3 is 0 Å². The Kier molecular flexibility index (Phi) is 4.28. The molecule has 0 spiro atoms. The Morgan fingerprint density at radius 2 is 2.10 bits per heavy atom. The van der Waals surface area contributed by atoms with Gasteiger partial charge in [-0.05, 0) is 55.9 Å². The second-order valence-corrected chi connectivity index (χ2v) is 5.72. The van der Waals surface area contributed by atoms with Crippen molar-refractivity contribution < 1.29 is 4.74 Å². The van der Waals surface area contributed by atoms with E-state index in [1.807, 2.05) is 6.07 Å². The molecule has 3 nitrogen and oxygen atoms in total. The fraction of sp³-hybridized carbons (Fsp3) is 0.500. The lowest BCUT2D eigenvalue weighted by Gasteiger charge is -2.15. The van der Waals surface area contributed by atoms with Crippen LogP contribution in [0, 0.1) is 0 Å². The molecule has 112 valence electrons. The first-order chi connectivity index (χ1) is 10.3. The number of pyridine rings is 1. The first-order valence-electron chi connectivity index (χ1n) is 8.15. The molecule has 0 fully saturated rings. The number of nitrogens with one attached hydrogen (secondary N) is 1. The summed E-state index contributed by atoms with van der Waals surface area (Å²) >= 11 is 0. The molecule has 1 aliphatic carbocycles. The molecule has 0 radical (unpaired) electrons. The topological polar surface area (TPSA) is 34.2 Å². The van der Waals surface area contributed by atoms with E-state index in [1.54, 1.807) is 0 Å². The van der Waals surface area contributed by atoms with Crippen LogP contribution in [0.4, 0.5) is 5.69 Å². The van der Waals surface area contributed by atoms with Crippen LogP contribution in [0.25, 0.3) is 10.9 Å². The third-order valence-electron chi connectivity index (χ3n) is 4.01. The molecular weight excluding hydrogens is 260 g/mol. The van der Waals surface area contributed by atoms with E-state index in [0.29, 0.717) is 0 Å². The van der Waals surface area contributed by atoms with Crippen LogP contribution in [-0.4, -0.2) is 18.1 Å². The van der Waals surface area contributed by atoms with Crippen molar-refractivity contribution in [2.45, 2.75) is 46.0 Å². The minimum absolute atomic E-state index is 0.765. The quantitative estimate of drug-likeness (QED) is 0.857. The summed E-state index contributed by atoms with van der Waals surface area (Å²) in [6.07, 6.45) is 5.63. The standard InChI is InChI=1S/C18H24N2O/c1-3-10-19-18-14-6-5-7-16(14)20-17-9-8-13(12-15(17)18)21-11-4-2/h8-9,12H,3-7,10-11H2,1-2H3,(H,19,20). The Hall–Kier alpha value is -1.77. The highest BCUT2D eigenvalue weighted by Crippen LogP contribution is 2.35. The van der Waals surface area contributed by atoms with E-state index in [0.717, 1.165) is 50.1 Å². The minimum Gasteiger partial charge on any atom is -0.494 e. The second kappa shape index (κ2) is 6.33. The van der Waals surface area contributed by atoms with Crippen LogP contribution in [0.2, 0.25) is 0 Å². The van der Waals surface area contributed by atoms with Gasteiger partial charge in [-0.3, -0.25) is 4.98 Å². The van der Waals surface area contributed by atoms with E-state index in [2.05, 4.69) is 31.3 Å². The van der Waals surface area contributed by atoms with Gasteiger partial charge < -0.3 is 10.1 Å². The van der Waals surface area contributed by atoms with E-state index in [1.165, 1.54) is 28.8 Å². The van der Waals surface area contributed by atoms with Crippen LogP contribution in [0.5, 0.6) is 5.75 Å². The molecule has 21 heavy (non-hydrogen) atoms. The van der Waals surface area contributed by atoms with Crippen LogP contribution in [-0.2, 0) is 12.8 Å². The zero-order valence-electron chi connectivity index (χ0n) is 13.0. The highest BCUT2D eigenvalue weighted by Gasteiger charge is 2.19. The Labute approximate surface area is 126 Å². The molecule has 0 saturated heterocycles. The summed E-state index contributed by atoms with van der Waals surface area (Å²) in [5.74, 6) is 0.948. The van der Waals surface area contributed by atoms with Crippen molar-refractivity contribution in [1.82, 2.24) is 4.98 Å². The van der Waals surface area contributed by atoms with Crippen LogP contribution in [0.3, 0.4) is 0 Å². The fourth-order valence-electron chi connectivity index (χ4n) is 3.00. The number of ether oxygens (including phenoxy) is 1. The number of anilines is 1. The van der Waals surface area contributed by atoms with Crippen LogP contribution >= 0.6 is 0 Å². The number of rotatable bonds is 6. The number of hydrogen-bond donors (Lipinski definition) is 1. The van der Waals surface area contributed by atoms with E-state index < -0.39 is 0 Å². The van der Waals surface area contributed by atoms with E-state index in [4.69, 9.17) is 9.72 Å². The summed E-state index contributed by atoms with van der Waals surface area (Å²) in [5, 5.41) is 4.83. The molecule has 0 bridgehead atoms. The fourth-order valence-corrected chi connectivity index (χ4v) is 3.00. The van der Waals surface area contributed by atoms with Gasteiger partial charge in [-0.25, -0.2) is 0 Å². The zero-order chi connectivity index (χ0) is 14.7. The predicted octanol–water partition coefficient (Wildman–Crippen LogP) is 4.33. The van der Waals surface area contributed by atoms with Gasteiger partial charge in [0.2, 0.25) is 0 Å². The highest BCUT2D eigenvalue weighted by molar-refractivity contribution is 5.94. The molecule has 0 atom stereocenters. The van der Waals surface area contributed by atoms with Gasteiger partial charge in [-0.2, -0.15) is 0 Å². The van der Waals surface area contributed by atoms with Gasteiger partial charge in [0.15, 0.2) is 0 Å². The smallest absolute Gasteiger partial charge is 0.120 e. The lowest BCUT2D eigenvalue weighted by molar-refractivity contribution is 0.318. The van der Waals surface area contributed by atoms with Gasteiger partial charge in [0.1, 0.15) is 5.75 Å². The SMILES string of the molecule is CCCNc1c2c(nc3ccc(OCCC)cc13)CCC2. The highest BCUT2D eigenvalue weighted by atomic mass is 16.5. The van der Waals surface area contributed by atoms with Crippen molar-refractivity contribution >= 4 is 16.6 Å². The van der Waals surface area contributed by atoms with Crippen molar-refractivity contribution in [3.63, 3.8) is 0 Å².